The van der Waals surface area contributed by atoms with Crippen molar-refractivity contribution < 1.29 is 18.0 Å². The van der Waals surface area contributed by atoms with Crippen molar-refractivity contribution in [1.82, 2.24) is 10.3 Å². The van der Waals surface area contributed by atoms with E-state index in [4.69, 9.17) is 0 Å². The summed E-state index contributed by atoms with van der Waals surface area (Å²) in [4.78, 5) is 27.6. The smallest absolute Gasteiger partial charge is 0.266 e. The maximum absolute atomic E-state index is 12.4. The van der Waals surface area contributed by atoms with Gasteiger partial charge in [-0.3, -0.25) is 15.0 Å². The van der Waals surface area contributed by atoms with Crippen LogP contribution in [0.2, 0.25) is 0 Å². The van der Waals surface area contributed by atoms with Crippen LogP contribution in [-0.2, 0) is 21.2 Å². The van der Waals surface area contributed by atoms with Crippen LogP contribution in [0.4, 0.5) is 5.69 Å². The Bertz CT molecular complexity index is 938. The molecule has 0 aliphatic carbocycles. The first kappa shape index (κ1) is 19.1. The molecule has 1 aliphatic heterocycles. The highest BCUT2D eigenvalue weighted by molar-refractivity contribution is 7.89. The van der Waals surface area contributed by atoms with Crippen molar-refractivity contribution in [3.05, 3.63) is 59.7 Å². The molecule has 1 heterocycles. The van der Waals surface area contributed by atoms with Gasteiger partial charge in [-0.25, -0.2) is 8.42 Å². The van der Waals surface area contributed by atoms with E-state index in [0.717, 1.165) is 18.4 Å². The van der Waals surface area contributed by atoms with Gasteiger partial charge < -0.3 is 4.90 Å². The van der Waals surface area contributed by atoms with Crippen molar-refractivity contribution in [1.29, 1.82) is 0 Å². The Morgan fingerprint density at radius 1 is 1.07 bits per heavy atom. The fourth-order valence-electron chi connectivity index (χ4n) is 2.86. The summed E-state index contributed by atoms with van der Waals surface area (Å²) in [7, 11) is -3.92. The zero-order valence-corrected chi connectivity index (χ0v) is 15.8. The monoisotopic (exact) mass is 387 g/mol. The largest absolute Gasteiger partial charge is 0.312 e. The minimum Gasteiger partial charge on any atom is -0.312 e. The van der Waals surface area contributed by atoms with E-state index in [0.29, 0.717) is 24.2 Å². The summed E-state index contributed by atoms with van der Waals surface area (Å²) < 4.78 is 24.7. The molecular formula is C19H21N3O4S. The average Bonchev–Trinajstić information content (AvgIpc) is 3.12. The maximum Gasteiger partial charge on any atom is 0.266 e. The molecular weight excluding hydrogens is 366 g/mol. The molecule has 0 unspecified atom stereocenters. The summed E-state index contributed by atoms with van der Waals surface area (Å²) in [5.41, 5.74) is 4.32. The number of hydrogen-bond acceptors (Lipinski definition) is 4. The Morgan fingerprint density at radius 3 is 2.30 bits per heavy atom. The van der Waals surface area contributed by atoms with Crippen LogP contribution in [0.1, 0.15) is 35.7 Å². The third kappa shape index (κ3) is 4.35. The zero-order chi connectivity index (χ0) is 19.4. The molecule has 0 spiro atoms. The highest BCUT2D eigenvalue weighted by Gasteiger charge is 2.22. The maximum atomic E-state index is 12.4. The van der Waals surface area contributed by atoms with Crippen LogP contribution in [0, 0.1) is 0 Å². The molecule has 2 amide bonds. The number of aryl methyl sites for hydroxylation is 1. The molecule has 1 saturated heterocycles. The molecule has 0 saturated carbocycles. The lowest BCUT2D eigenvalue weighted by atomic mass is 10.1. The minimum atomic E-state index is -3.92. The van der Waals surface area contributed by atoms with Gasteiger partial charge in [-0.2, -0.15) is 0 Å². The fraction of sp³-hybridized carbons (Fsp3) is 0.263. The molecule has 0 radical (unpaired) electrons. The summed E-state index contributed by atoms with van der Waals surface area (Å²) in [5, 5.41) is 0. The van der Waals surface area contributed by atoms with Gasteiger partial charge >= 0.3 is 0 Å². The molecule has 8 heteroatoms. The molecule has 2 aromatic carbocycles. The summed E-state index contributed by atoms with van der Waals surface area (Å²) in [6, 6.07) is 12.9. The number of carbonyl (C=O) groups is 2. The molecule has 2 N–H and O–H groups in total. The molecule has 0 atom stereocenters. The topological polar surface area (TPSA) is 95.6 Å². The number of nitrogens with one attached hydrogen (secondary N) is 2. The molecule has 27 heavy (non-hydrogen) atoms. The molecule has 3 rings (SSSR count). The van der Waals surface area contributed by atoms with E-state index >= 15 is 0 Å². The Labute approximate surface area is 158 Å². The second-order valence-corrected chi connectivity index (χ2v) is 7.94. The van der Waals surface area contributed by atoms with Crippen LogP contribution in [0.15, 0.2) is 53.4 Å². The van der Waals surface area contributed by atoms with E-state index in [-0.39, 0.29) is 10.8 Å². The second kappa shape index (κ2) is 7.89. The van der Waals surface area contributed by atoms with Crippen molar-refractivity contribution in [3.63, 3.8) is 0 Å². The third-order valence-corrected chi connectivity index (χ3v) is 5.72. The Hall–Kier alpha value is -2.71. The van der Waals surface area contributed by atoms with Gasteiger partial charge in [0.05, 0.1) is 4.90 Å². The standard InChI is InChI=1S/C19H21N3O4S/c1-2-14-5-7-15(8-6-14)19(24)20-21-27(25,26)17-11-9-16(10-12-17)22-13-3-4-18(22)23/h5-12,21H,2-4,13H2,1H3,(H,20,24). The first-order valence-electron chi connectivity index (χ1n) is 8.72. The van der Waals surface area contributed by atoms with Crippen LogP contribution in [-0.4, -0.2) is 26.8 Å². The van der Waals surface area contributed by atoms with Crippen molar-refractivity contribution in [3.8, 4) is 0 Å². The van der Waals surface area contributed by atoms with E-state index in [1.807, 2.05) is 19.1 Å². The molecule has 0 bridgehead atoms. The molecule has 142 valence electrons. The fourth-order valence-corrected chi connectivity index (χ4v) is 3.70. The number of rotatable bonds is 6. The van der Waals surface area contributed by atoms with Gasteiger partial charge in [0.2, 0.25) is 5.91 Å². The number of hydrazine groups is 1. The van der Waals surface area contributed by atoms with E-state index < -0.39 is 15.9 Å². The van der Waals surface area contributed by atoms with Gasteiger partial charge in [0.15, 0.2) is 0 Å². The number of sulfonamides is 1. The first-order valence-corrected chi connectivity index (χ1v) is 10.2. The number of hydrogen-bond donors (Lipinski definition) is 2. The van der Waals surface area contributed by atoms with Crippen molar-refractivity contribution in [2.75, 3.05) is 11.4 Å². The summed E-state index contributed by atoms with van der Waals surface area (Å²) in [5.74, 6) is -0.509. The lowest BCUT2D eigenvalue weighted by molar-refractivity contribution is -0.117. The first-order chi connectivity index (χ1) is 12.9. The number of carbonyl (C=O) groups excluding carboxylic acids is 2. The highest BCUT2D eigenvalue weighted by atomic mass is 32.2. The lowest BCUT2D eigenvalue weighted by Crippen LogP contribution is -2.41. The second-order valence-electron chi connectivity index (χ2n) is 6.25. The predicted octanol–water partition coefficient (Wildman–Crippen LogP) is 2.00. The van der Waals surface area contributed by atoms with Crippen molar-refractivity contribution in [2.45, 2.75) is 31.1 Å². The molecule has 1 fully saturated rings. The minimum absolute atomic E-state index is 0.000438. The van der Waals surface area contributed by atoms with Gasteiger partial charge in [-0.1, -0.05) is 19.1 Å². The van der Waals surface area contributed by atoms with Gasteiger partial charge in [-0.05, 0) is 54.8 Å². The number of amides is 2. The SMILES string of the molecule is CCc1ccc(C(=O)NNS(=O)(=O)c2ccc(N3CCCC3=O)cc2)cc1. The van der Waals surface area contributed by atoms with E-state index in [1.54, 1.807) is 29.2 Å². The van der Waals surface area contributed by atoms with E-state index in [2.05, 4.69) is 10.3 Å². The predicted molar refractivity (Wildman–Crippen MR) is 102 cm³/mol. The number of anilines is 1. The van der Waals surface area contributed by atoms with Gasteiger partial charge in [0.1, 0.15) is 0 Å². The Kier molecular flexibility index (Phi) is 5.57. The quantitative estimate of drug-likeness (QED) is 0.741. The van der Waals surface area contributed by atoms with Crippen LogP contribution >= 0.6 is 0 Å². The van der Waals surface area contributed by atoms with E-state index in [1.165, 1.54) is 12.1 Å². The molecule has 1 aliphatic rings. The normalized spacial score (nSPS) is 14.4. The van der Waals surface area contributed by atoms with Crippen LogP contribution < -0.4 is 15.2 Å². The van der Waals surface area contributed by atoms with Crippen molar-refractivity contribution in [2.24, 2.45) is 0 Å². The lowest BCUT2D eigenvalue weighted by Gasteiger charge is -2.16. The van der Waals surface area contributed by atoms with Crippen LogP contribution in [0.25, 0.3) is 0 Å². The molecule has 7 nitrogen and oxygen atoms in total. The van der Waals surface area contributed by atoms with Gasteiger partial charge in [-0.15, -0.1) is 4.83 Å². The Morgan fingerprint density at radius 2 is 1.74 bits per heavy atom. The number of benzene rings is 2. The highest BCUT2D eigenvalue weighted by Crippen LogP contribution is 2.22. The summed E-state index contributed by atoms with van der Waals surface area (Å²) >= 11 is 0. The third-order valence-electron chi connectivity index (χ3n) is 4.46. The van der Waals surface area contributed by atoms with E-state index in [9.17, 15) is 18.0 Å². The van der Waals surface area contributed by atoms with Gasteiger partial charge in [0, 0.05) is 24.2 Å². The average molecular weight is 387 g/mol. The van der Waals surface area contributed by atoms with Crippen LogP contribution in [0.5, 0.6) is 0 Å². The zero-order valence-electron chi connectivity index (χ0n) is 14.9. The molecule has 0 aromatic heterocycles. The number of nitrogens with zero attached hydrogens (tertiary/aromatic N) is 1. The molecule has 2 aromatic rings. The van der Waals surface area contributed by atoms with Gasteiger partial charge in [0.25, 0.3) is 15.9 Å². The van der Waals surface area contributed by atoms with Crippen molar-refractivity contribution >= 4 is 27.5 Å². The van der Waals surface area contributed by atoms with Crippen LogP contribution in [0.3, 0.4) is 0 Å². The Balaban J connectivity index is 1.65. The summed E-state index contributed by atoms with van der Waals surface area (Å²) in [6.45, 7) is 2.64. The summed E-state index contributed by atoms with van der Waals surface area (Å²) in [6.07, 6.45) is 2.16.